The van der Waals surface area contributed by atoms with E-state index in [1.165, 1.54) is 0 Å². The first-order chi connectivity index (χ1) is 14.5. The van der Waals surface area contributed by atoms with Crippen LogP contribution in [0.4, 0.5) is 5.82 Å². The molecule has 0 radical (unpaired) electrons. The van der Waals surface area contributed by atoms with Crippen molar-refractivity contribution in [2.24, 2.45) is 7.05 Å². The van der Waals surface area contributed by atoms with Crippen LogP contribution in [0.3, 0.4) is 0 Å². The van der Waals surface area contributed by atoms with Gasteiger partial charge in [0.05, 0.1) is 30.6 Å². The van der Waals surface area contributed by atoms with E-state index in [1.54, 1.807) is 6.20 Å². The molecule has 8 nitrogen and oxygen atoms in total. The van der Waals surface area contributed by atoms with Crippen LogP contribution in [0.2, 0.25) is 0 Å². The van der Waals surface area contributed by atoms with Crippen LogP contribution in [-0.4, -0.2) is 55.5 Å². The Labute approximate surface area is 174 Å². The Morgan fingerprint density at radius 1 is 1.20 bits per heavy atom. The highest BCUT2D eigenvalue weighted by Crippen LogP contribution is 2.32. The number of anilines is 1. The van der Waals surface area contributed by atoms with Gasteiger partial charge in [0, 0.05) is 54.3 Å². The Morgan fingerprint density at radius 2 is 2.07 bits per heavy atom. The van der Waals surface area contributed by atoms with Crippen LogP contribution in [0.1, 0.15) is 18.3 Å². The highest BCUT2D eigenvalue weighted by Gasteiger charge is 2.24. The molecule has 5 heterocycles. The van der Waals surface area contributed by atoms with Gasteiger partial charge in [-0.05, 0) is 32.9 Å². The van der Waals surface area contributed by atoms with Crippen molar-refractivity contribution >= 4 is 16.9 Å². The smallest absolute Gasteiger partial charge is 0.162 e. The summed E-state index contributed by atoms with van der Waals surface area (Å²) in [5, 5.41) is 5.61. The second kappa shape index (κ2) is 7.21. The first-order valence-corrected chi connectivity index (χ1v) is 10.2. The number of fused-ring (bicyclic) bond motifs is 1. The van der Waals surface area contributed by atoms with Gasteiger partial charge in [-0.1, -0.05) is 0 Å². The summed E-state index contributed by atoms with van der Waals surface area (Å²) in [6.07, 6.45) is 3.69. The van der Waals surface area contributed by atoms with E-state index in [0.717, 1.165) is 51.6 Å². The molecule has 1 unspecified atom stereocenters. The molecule has 1 aliphatic heterocycles. The molecule has 4 aromatic rings. The average Bonchev–Trinajstić information content (AvgIpc) is 3.32. The number of aromatic amines is 1. The molecule has 0 bridgehead atoms. The minimum Gasteiger partial charge on any atom is -0.377 e. The Balaban J connectivity index is 1.74. The molecule has 0 amide bonds. The maximum Gasteiger partial charge on any atom is 0.162 e. The summed E-state index contributed by atoms with van der Waals surface area (Å²) >= 11 is 0. The summed E-state index contributed by atoms with van der Waals surface area (Å²) in [4.78, 5) is 19.9. The van der Waals surface area contributed by atoms with Crippen molar-refractivity contribution in [3.63, 3.8) is 0 Å². The number of rotatable bonds is 3. The van der Waals surface area contributed by atoms with Crippen molar-refractivity contribution in [3.05, 3.63) is 42.0 Å². The molecule has 0 saturated carbocycles. The Hall–Kier alpha value is -3.26. The minimum atomic E-state index is 0.246. The lowest BCUT2D eigenvalue weighted by molar-refractivity contribution is 0.0985. The van der Waals surface area contributed by atoms with Gasteiger partial charge < -0.3 is 14.6 Å². The summed E-state index contributed by atoms with van der Waals surface area (Å²) in [6.45, 7) is 8.46. The SMILES string of the molecule is Cc1nn(C)c(C)c1-c1cc(N2CCOCC2C)nc(-c2ccnc3[nH]ccc23)n1. The maximum atomic E-state index is 5.64. The molecule has 154 valence electrons. The first-order valence-electron chi connectivity index (χ1n) is 10.2. The summed E-state index contributed by atoms with van der Waals surface area (Å²) in [5.41, 5.74) is 5.78. The number of morpholine rings is 1. The predicted octanol–water partition coefficient (Wildman–Crippen LogP) is 3.26. The van der Waals surface area contributed by atoms with E-state index in [1.807, 2.05) is 37.0 Å². The van der Waals surface area contributed by atoms with E-state index in [2.05, 4.69) is 39.9 Å². The summed E-state index contributed by atoms with van der Waals surface area (Å²) in [7, 11) is 1.96. The average molecular weight is 403 g/mol. The van der Waals surface area contributed by atoms with Crippen LogP contribution in [0, 0.1) is 13.8 Å². The predicted molar refractivity (Wildman–Crippen MR) is 116 cm³/mol. The number of hydrogen-bond acceptors (Lipinski definition) is 6. The summed E-state index contributed by atoms with van der Waals surface area (Å²) in [5.74, 6) is 1.60. The number of aryl methyl sites for hydroxylation is 2. The van der Waals surface area contributed by atoms with Crippen molar-refractivity contribution in [3.8, 4) is 22.6 Å². The number of aromatic nitrogens is 6. The lowest BCUT2D eigenvalue weighted by atomic mass is 10.1. The molecular formula is C22H25N7O. The molecule has 1 saturated heterocycles. The number of hydrogen-bond donors (Lipinski definition) is 1. The Kier molecular flexibility index (Phi) is 4.51. The lowest BCUT2D eigenvalue weighted by Crippen LogP contribution is -2.44. The molecule has 4 aromatic heterocycles. The Morgan fingerprint density at radius 3 is 2.83 bits per heavy atom. The van der Waals surface area contributed by atoms with Crippen LogP contribution in [0.5, 0.6) is 0 Å². The monoisotopic (exact) mass is 403 g/mol. The number of nitrogens with zero attached hydrogens (tertiary/aromatic N) is 6. The molecule has 30 heavy (non-hydrogen) atoms. The second-order valence-electron chi connectivity index (χ2n) is 7.82. The van der Waals surface area contributed by atoms with Crippen LogP contribution in [0.15, 0.2) is 30.6 Å². The Bertz CT molecular complexity index is 1230. The van der Waals surface area contributed by atoms with Crippen LogP contribution < -0.4 is 4.90 Å². The molecule has 1 fully saturated rings. The number of H-pyrrole nitrogens is 1. The van der Waals surface area contributed by atoms with Gasteiger partial charge in [-0.25, -0.2) is 15.0 Å². The summed E-state index contributed by atoms with van der Waals surface area (Å²) < 4.78 is 7.54. The quantitative estimate of drug-likeness (QED) is 0.565. The normalized spacial score (nSPS) is 17.1. The van der Waals surface area contributed by atoms with Crippen molar-refractivity contribution in [1.29, 1.82) is 0 Å². The fourth-order valence-corrected chi connectivity index (χ4v) is 4.20. The third-order valence-corrected chi connectivity index (χ3v) is 5.84. The zero-order chi connectivity index (χ0) is 20.8. The van der Waals surface area contributed by atoms with E-state index in [9.17, 15) is 0 Å². The fourth-order valence-electron chi connectivity index (χ4n) is 4.20. The third-order valence-electron chi connectivity index (χ3n) is 5.84. The molecule has 0 spiro atoms. The zero-order valence-electron chi connectivity index (χ0n) is 17.7. The molecule has 8 heteroatoms. The van der Waals surface area contributed by atoms with Gasteiger partial charge in [0.1, 0.15) is 11.5 Å². The first kappa shape index (κ1) is 18.7. The van der Waals surface area contributed by atoms with E-state index in [0.29, 0.717) is 19.0 Å². The highest BCUT2D eigenvalue weighted by molar-refractivity contribution is 5.91. The van der Waals surface area contributed by atoms with E-state index >= 15 is 0 Å². The molecular weight excluding hydrogens is 378 g/mol. The number of pyridine rings is 1. The zero-order valence-corrected chi connectivity index (χ0v) is 17.7. The van der Waals surface area contributed by atoms with Gasteiger partial charge in [0.15, 0.2) is 5.82 Å². The van der Waals surface area contributed by atoms with Crippen molar-refractivity contribution < 1.29 is 4.74 Å². The molecule has 5 rings (SSSR count). The summed E-state index contributed by atoms with van der Waals surface area (Å²) in [6, 6.07) is 6.32. The molecule has 1 N–H and O–H groups in total. The van der Waals surface area contributed by atoms with Gasteiger partial charge in [0.2, 0.25) is 0 Å². The number of ether oxygens (including phenoxy) is 1. The standard InChI is InChI=1S/C22H25N7O/c1-13-12-30-10-9-29(13)19-11-18(20-14(2)27-28(4)15(20)3)25-22(26-19)17-6-8-24-21-16(17)5-7-23-21/h5-8,11,13H,9-10,12H2,1-4H3,(H,23,24). The van der Waals surface area contributed by atoms with Gasteiger partial charge in [-0.15, -0.1) is 0 Å². The van der Waals surface area contributed by atoms with Gasteiger partial charge in [-0.2, -0.15) is 5.10 Å². The second-order valence-corrected chi connectivity index (χ2v) is 7.82. The van der Waals surface area contributed by atoms with Crippen molar-refractivity contribution in [2.45, 2.75) is 26.8 Å². The van der Waals surface area contributed by atoms with Crippen molar-refractivity contribution in [1.82, 2.24) is 29.7 Å². The van der Waals surface area contributed by atoms with Crippen LogP contribution >= 0.6 is 0 Å². The van der Waals surface area contributed by atoms with E-state index in [4.69, 9.17) is 14.7 Å². The van der Waals surface area contributed by atoms with Crippen molar-refractivity contribution in [2.75, 3.05) is 24.7 Å². The van der Waals surface area contributed by atoms with E-state index in [-0.39, 0.29) is 6.04 Å². The maximum absolute atomic E-state index is 5.64. The number of nitrogens with one attached hydrogen (secondary N) is 1. The highest BCUT2D eigenvalue weighted by atomic mass is 16.5. The topological polar surface area (TPSA) is 84.8 Å². The van der Waals surface area contributed by atoms with Gasteiger partial charge >= 0.3 is 0 Å². The lowest BCUT2D eigenvalue weighted by Gasteiger charge is -2.34. The van der Waals surface area contributed by atoms with Crippen LogP contribution in [-0.2, 0) is 11.8 Å². The fraction of sp³-hybridized carbons (Fsp3) is 0.364. The largest absolute Gasteiger partial charge is 0.377 e. The minimum absolute atomic E-state index is 0.246. The van der Waals surface area contributed by atoms with Gasteiger partial charge in [0.25, 0.3) is 0 Å². The molecule has 0 aliphatic carbocycles. The van der Waals surface area contributed by atoms with Crippen LogP contribution in [0.25, 0.3) is 33.7 Å². The molecule has 1 aliphatic rings. The van der Waals surface area contributed by atoms with Gasteiger partial charge in [-0.3, -0.25) is 4.68 Å². The molecule has 0 aromatic carbocycles. The van der Waals surface area contributed by atoms with E-state index < -0.39 is 0 Å². The molecule has 1 atom stereocenters. The third kappa shape index (κ3) is 3.04.